The van der Waals surface area contributed by atoms with Crippen LogP contribution in [0.2, 0.25) is 0 Å². The predicted molar refractivity (Wildman–Crippen MR) is 88.6 cm³/mol. The lowest BCUT2D eigenvalue weighted by atomic mass is 9.85. The number of aryl methyl sites for hydroxylation is 2. The summed E-state index contributed by atoms with van der Waals surface area (Å²) in [7, 11) is 0. The fourth-order valence-electron chi connectivity index (χ4n) is 3.33. The zero-order valence-electron chi connectivity index (χ0n) is 13.3. The van der Waals surface area contributed by atoms with Crippen LogP contribution >= 0.6 is 15.9 Å². The first-order valence-electron chi connectivity index (χ1n) is 8.10. The third kappa shape index (κ3) is 3.24. The molecule has 2 rings (SSSR count). The average molecular weight is 356 g/mol. The lowest BCUT2D eigenvalue weighted by Gasteiger charge is -2.27. The number of carbonyl (C=O) groups is 1. The first kappa shape index (κ1) is 16.7. The molecule has 1 aromatic rings. The number of hydrogen-bond acceptors (Lipinski definition) is 3. The van der Waals surface area contributed by atoms with Crippen LogP contribution in [0.1, 0.15) is 57.8 Å². The van der Waals surface area contributed by atoms with Gasteiger partial charge in [-0.05, 0) is 55.1 Å². The van der Waals surface area contributed by atoms with Gasteiger partial charge < -0.3 is 5.32 Å². The van der Waals surface area contributed by atoms with Crippen molar-refractivity contribution < 1.29 is 4.79 Å². The first-order valence-corrected chi connectivity index (χ1v) is 8.89. The van der Waals surface area contributed by atoms with Crippen LogP contribution in [-0.2, 0) is 24.2 Å². The van der Waals surface area contributed by atoms with E-state index in [4.69, 9.17) is 0 Å². The van der Waals surface area contributed by atoms with E-state index in [-0.39, 0.29) is 5.54 Å². The summed E-state index contributed by atoms with van der Waals surface area (Å²) in [6.07, 6.45) is 5.39. The molecule has 1 saturated heterocycles. The Kier molecular flexibility index (Phi) is 5.60. The second kappa shape index (κ2) is 7.05. The van der Waals surface area contributed by atoms with Crippen molar-refractivity contribution in [3.63, 3.8) is 0 Å². The van der Waals surface area contributed by atoms with E-state index in [2.05, 4.69) is 47.1 Å². The van der Waals surface area contributed by atoms with Crippen molar-refractivity contribution in [3.8, 4) is 0 Å². The van der Waals surface area contributed by atoms with Gasteiger partial charge in [0.05, 0.1) is 27.8 Å². The highest BCUT2D eigenvalue weighted by Crippen LogP contribution is 2.29. The molecule has 0 spiro atoms. The third-order valence-electron chi connectivity index (χ3n) is 4.48. The van der Waals surface area contributed by atoms with Gasteiger partial charge in [0.2, 0.25) is 0 Å². The molecule has 1 atom stereocenters. The van der Waals surface area contributed by atoms with E-state index in [1.807, 2.05) is 4.68 Å². The molecule has 1 unspecified atom stereocenters. The van der Waals surface area contributed by atoms with Gasteiger partial charge in [0, 0.05) is 6.54 Å². The van der Waals surface area contributed by atoms with Gasteiger partial charge in [-0.1, -0.05) is 20.3 Å². The minimum Gasteiger partial charge on any atom is -0.305 e. The standard InChI is InChI=1S/C16H26BrN3O/c1-4-8-16(9-7-10-18-16)14(21)11-13-15(17)12(5-2)19-20(13)6-3/h18H,4-11H2,1-3H3. The average Bonchev–Trinajstić information content (AvgIpc) is 3.06. The Hall–Kier alpha value is -0.680. The first-order chi connectivity index (χ1) is 10.1. The molecule has 118 valence electrons. The van der Waals surface area contributed by atoms with E-state index < -0.39 is 0 Å². The summed E-state index contributed by atoms with van der Waals surface area (Å²) in [6, 6.07) is 0. The fourth-order valence-corrected chi connectivity index (χ4v) is 4.04. The number of halogens is 1. The van der Waals surface area contributed by atoms with Gasteiger partial charge in [-0.25, -0.2) is 0 Å². The van der Waals surface area contributed by atoms with E-state index in [1.165, 1.54) is 0 Å². The van der Waals surface area contributed by atoms with Crippen LogP contribution in [0.25, 0.3) is 0 Å². The van der Waals surface area contributed by atoms with Crippen LogP contribution < -0.4 is 5.32 Å². The van der Waals surface area contributed by atoms with Crippen LogP contribution in [0.5, 0.6) is 0 Å². The van der Waals surface area contributed by atoms with Gasteiger partial charge in [-0.2, -0.15) is 5.10 Å². The molecule has 0 aromatic carbocycles. The van der Waals surface area contributed by atoms with Crippen molar-refractivity contribution in [2.75, 3.05) is 6.54 Å². The fraction of sp³-hybridized carbons (Fsp3) is 0.750. The Morgan fingerprint density at radius 1 is 1.43 bits per heavy atom. The Balaban J connectivity index is 2.24. The predicted octanol–water partition coefficient (Wildman–Crippen LogP) is 3.26. The van der Waals surface area contributed by atoms with Crippen molar-refractivity contribution in [1.82, 2.24) is 15.1 Å². The molecule has 0 aliphatic carbocycles. The SMILES string of the molecule is CCCC1(C(=O)Cc2c(Br)c(CC)nn2CC)CCCN1. The summed E-state index contributed by atoms with van der Waals surface area (Å²) in [6.45, 7) is 8.07. The third-order valence-corrected chi connectivity index (χ3v) is 5.39. The number of nitrogens with one attached hydrogen (secondary N) is 1. The maximum atomic E-state index is 12.9. The highest BCUT2D eigenvalue weighted by Gasteiger charge is 2.40. The maximum absolute atomic E-state index is 12.9. The largest absolute Gasteiger partial charge is 0.305 e. The topological polar surface area (TPSA) is 46.9 Å². The second-order valence-corrected chi connectivity index (χ2v) is 6.63. The monoisotopic (exact) mass is 355 g/mol. The van der Waals surface area contributed by atoms with E-state index in [0.29, 0.717) is 12.2 Å². The minimum absolute atomic E-state index is 0.302. The van der Waals surface area contributed by atoms with Crippen LogP contribution in [0.3, 0.4) is 0 Å². The molecular weight excluding hydrogens is 330 g/mol. The molecule has 0 bridgehead atoms. The molecule has 5 heteroatoms. The van der Waals surface area contributed by atoms with Gasteiger partial charge in [0.25, 0.3) is 0 Å². The lowest BCUT2D eigenvalue weighted by molar-refractivity contribution is -0.124. The van der Waals surface area contributed by atoms with Crippen molar-refractivity contribution in [2.24, 2.45) is 0 Å². The van der Waals surface area contributed by atoms with Gasteiger partial charge in [-0.3, -0.25) is 9.48 Å². The van der Waals surface area contributed by atoms with E-state index >= 15 is 0 Å². The molecule has 2 heterocycles. The molecule has 0 radical (unpaired) electrons. The van der Waals surface area contributed by atoms with Crippen LogP contribution in [0, 0.1) is 0 Å². The van der Waals surface area contributed by atoms with E-state index in [1.54, 1.807) is 0 Å². The van der Waals surface area contributed by atoms with Crippen molar-refractivity contribution in [2.45, 2.75) is 71.4 Å². The number of aromatic nitrogens is 2. The Morgan fingerprint density at radius 3 is 2.71 bits per heavy atom. The highest BCUT2D eigenvalue weighted by molar-refractivity contribution is 9.10. The smallest absolute Gasteiger partial charge is 0.158 e. The van der Waals surface area contributed by atoms with Gasteiger partial charge >= 0.3 is 0 Å². The number of nitrogens with zero attached hydrogens (tertiary/aromatic N) is 2. The summed E-state index contributed by atoms with van der Waals surface area (Å²) in [5.41, 5.74) is 1.77. The molecule has 1 N–H and O–H groups in total. The molecule has 1 aliphatic heterocycles. The summed E-state index contributed by atoms with van der Waals surface area (Å²) in [5.74, 6) is 0.319. The summed E-state index contributed by atoms with van der Waals surface area (Å²) in [5, 5.41) is 8.07. The number of carbonyl (C=O) groups excluding carboxylic acids is 1. The molecular formula is C16H26BrN3O. The van der Waals surface area contributed by atoms with Crippen molar-refractivity contribution >= 4 is 21.7 Å². The Bertz CT molecular complexity index is 504. The van der Waals surface area contributed by atoms with Gasteiger partial charge in [0.1, 0.15) is 0 Å². The van der Waals surface area contributed by atoms with Crippen LogP contribution in [-0.4, -0.2) is 27.6 Å². The van der Waals surface area contributed by atoms with E-state index in [9.17, 15) is 4.79 Å². The number of rotatable bonds is 7. The van der Waals surface area contributed by atoms with Crippen LogP contribution in [0.4, 0.5) is 0 Å². The Morgan fingerprint density at radius 2 is 2.19 bits per heavy atom. The normalized spacial score (nSPS) is 21.9. The molecule has 1 aromatic heterocycles. The number of ketones is 1. The van der Waals surface area contributed by atoms with Gasteiger partial charge in [-0.15, -0.1) is 0 Å². The quantitative estimate of drug-likeness (QED) is 0.816. The molecule has 4 nitrogen and oxygen atoms in total. The molecule has 21 heavy (non-hydrogen) atoms. The van der Waals surface area contributed by atoms with Crippen LogP contribution in [0.15, 0.2) is 4.47 Å². The number of Topliss-reactive ketones (excluding diaryl/α,β-unsaturated/α-hetero) is 1. The zero-order valence-corrected chi connectivity index (χ0v) is 14.9. The molecule has 1 fully saturated rings. The second-order valence-electron chi connectivity index (χ2n) is 5.84. The van der Waals surface area contributed by atoms with Crippen molar-refractivity contribution in [3.05, 3.63) is 15.9 Å². The highest BCUT2D eigenvalue weighted by atomic mass is 79.9. The molecule has 0 amide bonds. The van der Waals surface area contributed by atoms with E-state index in [0.717, 1.165) is 61.1 Å². The molecule has 0 saturated carbocycles. The summed E-state index contributed by atoms with van der Waals surface area (Å²) >= 11 is 3.64. The summed E-state index contributed by atoms with van der Waals surface area (Å²) in [4.78, 5) is 12.9. The zero-order chi connectivity index (χ0) is 15.5. The summed E-state index contributed by atoms with van der Waals surface area (Å²) < 4.78 is 2.99. The van der Waals surface area contributed by atoms with Crippen molar-refractivity contribution in [1.29, 1.82) is 0 Å². The molecule has 1 aliphatic rings. The lowest BCUT2D eigenvalue weighted by Crippen LogP contribution is -2.48. The van der Waals surface area contributed by atoms with Gasteiger partial charge in [0.15, 0.2) is 5.78 Å². The number of hydrogen-bond donors (Lipinski definition) is 1. The Labute approximate surface area is 135 Å². The maximum Gasteiger partial charge on any atom is 0.158 e. The minimum atomic E-state index is -0.302.